The first-order valence-electron chi connectivity index (χ1n) is 7.33. The van der Waals surface area contributed by atoms with Crippen LogP contribution in [-0.4, -0.2) is 41.3 Å². The summed E-state index contributed by atoms with van der Waals surface area (Å²) in [6.45, 7) is 1.62. The third-order valence-corrected chi connectivity index (χ3v) is 4.23. The molecule has 2 heterocycles. The van der Waals surface area contributed by atoms with Gasteiger partial charge >= 0.3 is 0 Å². The first-order valence-corrected chi connectivity index (χ1v) is 7.33. The molecule has 23 heavy (non-hydrogen) atoms. The van der Waals surface area contributed by atoms with Crippen LogP contribution in [0.5, 0.6) is 0 Å². The van der Waals surface area contributed by atoms with Crippen LogP contribution in [0.1, 0.15) is 10.4 Å². The first-order chi connectivity index (χ1) is 10.6. The zero-order chi connectivity index (χ0) is 15.7. The summed E-state index contributed by atoms with van der Waals surface area (Å²) in [6, 6.07) is 8.69. The molecule has 6 nitrogen and oxygen atoms in total. The average Bonchev–Trinajstić information content (AvgIpc) is 2.94. The maximum absolute atomic E-state index is 12.4. The van der Waals surface area contributed by atoms with Gasteiger partial charge in [0.25, 0.3) is 11.5 Å². The number of aliphatic hydroxyl groups is 1. The normalized spacial score (nSPS) is 20.3. The van der Waals surface area contributed by atoms with Crippen LogP contribution in [0.3, 0.4) is 0 Å². The molecule has 0 spiro atoms. The Balaban J connectivity index is 0.00000192. The number of pyridine rings is 1. The first kappa shape index (κ1) is 17.5. The molecule has 124 valence electrons. The van der Waals surface area contributed by atoms with Crippen molar-refractivity contribution in [1.82, 2.24) is 15.2 Å². The number of hydrogen-bond acceptors (Lipinski definition) is 4. The van der Waals surface area contributed by atoms with E-state index < -0.39 is 6.10 Å². The van der Waals surface area contributed by atoms with Gasteiger partial charge in [0, 0.05) is 44.1 Å². The summed E-state index contributed by atoms with van der Waals surface area (Å²) in [6.07, 6.45) is -0.444. The summed E-state index contributed by atoms with van der Waals surface area (Å²) >= 11 is 0. The van der Waals surface area contributed by atoms with E-state index >= 15 is 0 Å². The number of carbonyl (C=O) groups is 1. The number of halogens is 1. The third kappa shape index (κ3) is 3.39. The van der Waals surface area contributed by atoms with E-state index in [0.29, 0.717) is 25.2 Å². The van der Waals surface area contributed by atoms with Gasteiger partial charge in [-0.05, 0) is 6.07 Å². The predicted octanol–water partition coefficient (Wildman–Crippen LogP) is 0.270. The molecule has 1 aliphatic rings. The van der Waals surface area contributed by atoms with Gasteiger partial charge in [0.15, 0.2) is 0 Å². The number of β-amino-alcohol motifs (C(OH)–C–C–N with tert-alkyl or cyclic N) is 1. The molecule has 0 bridgehead atoms. The molecule has 1 amide bonds. The van der Waals surface area contributed by atoms with Gasteiger partial charge in [0.2, 0.25) is 0 Å². The zero-order valence-corrected chi connectivity index (χ0v) is 13.6. The number of nitrogens with zero attached hydrogens (tertiary/aromatic N) is 1. The number of carbonyl (C=O) groups excluding carboxylic acids is 1. The minimum absolute atomic E-state index is 0. The van der Waals surface area contributed by atoms with Gasteiger partial charge < -0.3 is 20.3 Å². The molecule has 7 heteroatoms. The van der Waals surface area contributed by atoms with Crippen LogP contribution in [-0.2, 0) is 7.05 Å². The number of hydrogen-bond donors (Lipinski definition) is 3. The van der Waals surface area contributed by atoms with E-state index in [-0.39, 0.29) is 29.8 Å². The Hall–Kier alpha value is -1.89. The van der Waals surface area contributed by atoms with Gasteiger partial charge in [-0.25, -0.2) is 0 Å². The van der Waals surface area contributed by atoms with Crippen molar-refractivity contribution in [3.05, 3.63) is 46.2 Å². The van der Waals surface area contributed by atoms with Gasteiger partial charge in [-0.1, -0.05) is 18.2 Å². The quantitative estimate of drug-likeness (QED) is 0.751. The number of benzene rings is 1. The van der Waals surface area contributed by atoms with Crippen LogP contribution in [0.25, 0.3) is 10.9 Å². The lowest BCUT2D eigenvalue weighted by Gasteiger charge is -2.15. The average molecular weight is 338 g/mol. The van der Waals surface area contributed by atoms with Crippen molar-refractivity contribution >= 4 is 29.2 Å². The third-order valence-electron chi connectivity index (χ3n) is 4.23. The highest BCUT2D eigenvalue weighted by atomic mass is 35.5. The van der Waals surface area contributed by atoms with E-state index in [9.17, 15) is 14.7 Å². The van der Waals surface area contributed by atoms with Gasteiger partial charge in [-0.3, -0.25) is 9.59 Å². The van der Waals surface area contributed by atoms with Gasteiger partial charge in [0.05, 0.1) is 17.2 Å². The second-order valence-electron chi connectivity index (χ2n) is 5.67. The highest BCUT2D eigenvalue weighted by Gasteiger charge is 2.25. The lowest BCUT2D eigenvalue weighted by atomic mass is 10.1. The molecule has 1 aromatic carbocycles. The smallest absolute Gasteiger partial charge is 0.252 e. The molecule has 1 saturated heterocycles. The summed E-state index contributed by atoms with van der Waals surface area (Å²) in [4.78, 5) is 24.4. The van der Waals surface area contributed by atoms with Crippen molar-refractivity contribution in [3.8, 4) is 0 Å². The Morgan fingerprint density at radius 3 is 2.83 bits per heavy atom. The van der Waals surface area contributed by atoms with E-state index in [4.69, 9.17) is 0 Å². The standard InChI is InChI=1S/C16H19N3O3.ClH/c1-19-13-5-3-2-4-11(13)12(6-15(19)21)16(22)18-8-10-7-17-9-14(10)20;/h2-6,10,14,17,20H,7-9H2,1H3,(H,18,22);1H. The Labute approximate surface area is 139 Å². The summed E-state index contributed by atoms with van der Waals surface area (Å²) < 4.78 is 1.52. The van der Waals surface area contributed by atoms with E-state index in [1.165, 1.54) is 10.6 Å². The fraction of sp³-hybridized carbons (Fsp3) is 0.375. The molecule has 0 aliphatic carbocycles. The van der Waals surface area contributed by atoms with Gasteiger partial charge in [-0.2, -0.15) is 0 Å². The number of aryl methyl sites for hydroxylation is 1. The fourth-order valence-electron chi connectivity index (χ4n) is 2.85. The van der Waals surface area contributed by atoms with Crippen LogP contribution in [0, 0.1) is 5.92 Å². The maximum Gasteiger partial charge on any atom is 0.252 e. The number of aromatic nitrogens is 1. The minimum Gasteiger partial charge on any atom is -0.391 e. The Bertz CT molecular complexity index is 775. The minimum atomic E-state index is -0.444. The number of para-hydroxylation sites is 1. The van der Waals surface area contributed by atoms with Gasteiger partial charge in [-0.15, -0.1) is 12.4 Å². The van der Waals surface area contributed by atoms with E-state index in [1.807, 2.05) is 24.3 Å². The number of nitrogens with one attached hydrogen (secondary N) is 2. The molecular formula is C16H20ClN3O3. The molecule has 0 radical (unpaired) electrons. The largest absolute Gasteiger partial charge is 0.391 e. The van der Waals surface area contributed by atoms with Crippen LogP contribution >= 0.6 is 12.4 Å². The van der Waals surface area contributed by atoms with Gasteiger partial charge in [0.1, 0.15) is 0 Å². The molecule has 1 fully saturated rings. The van der Waals surface area contributed by atoms with Crippen molar-refractivity contribution in [2.24, 2.45) is 13.0 Å². The SMILES string of the molecule is Cl.Cn1c(=O)cc(C(=O)NCC2CNCC2O)c2ccccc21. The molecule has 0 saturated carbocycles. The number of amides is 1. The molecule has 1 aliphatic heterocycles. The highest BCUT2D eigenvalue weighted by molar-refractivity contribution is 6.06. The molecule has 2 aromatic rings. The second kappa shape index (κ2) is 7.12. The topological polar surface area (TPSA) is 83.4 Å². The van der Waals surface area contributed by atoms with Crippen molar-refractivity contribution in [2.45, 2.75) is 6.10 Å². The predicted molar refractivity (Wildman–Crippen MR) is 91.1 cm³/mol. The van der Waals surface area contributed by atoms with E-state index in [1.54, 1.807) is 7.05 Å². The maximum atomic E-state index is 12.4. The van der Waals surface area contributed by atoms with Crippen LogP contribution < -0.4 is 16.2 Å². The monoisotopic (exact) mass is 337 g/mol. The van der Waals surface area contributed by atoms with Crippen molar-refractivity contribution < 1.29 is 9.90 Å². The number of fused-ring (bicyclic) bond motifs is 1. The molecule has 1 aromatic heterocycles. The summed E-state index contributed by atoms with van der Waals surface area (Å²) in [5.41, 5.74) is 0.883. The Morgan fingerprint density at radius 1 is 1.39 bits per heavy atom. The molecular weight excluding hydrogens is 318 g/mol. The lowest BCUT2D eigenvalue weighted by molar-refractivity contribution is 0.0928. The van der Waals surface area contributed by atoms with Crippen LogP contribution in [0.2, 0.25) is 0 Å². The second-order valence-corrected chi connectivity index (χ2v) is 5.67. The number of aliphatic hydroxyl groups excluding tert-OH is 1. The Kier molecular flexibility index (Phi) is 5.41. The fourth-order valence-corrected chi connectivity index (χ4v) is 2.85. The molecule has 3 rings (SSSR count). The summed E-state index contributed by atoms with van der Waals surface area (Å²) in [5, 5.41) is 16.4. The van der Waals surface area contributed by atoms with E-state index in [2.05, 4.69) is 10.6 Å². The Morgan fingerprint density at radius 2 is 2.13 bits per heavy atom. The van der Waals surface area contributed by atoms with Crippen molar-refractivity contribution in [2.75, 3.05) is 19.6 Å². The lowest BCUT2D eigenvalue weighted by Crippen LogP contribution is -2.35. The van der Waals surface area contributed by atoms with Crippen LogP contribution in [0.4, 0.5) is 0 Å². The summed E-state index contributed by atoms with van der Waals surface area (Å²) in [5.74, 6) is -0.283. The number of rotatable bonds is 3. The highest BCUT2D eigenvalue weighted by Crippen LogP contribution is 2.16. The molecule has 3 N–H and O–H groups in total. The van der Waals surface area contributed by atoms with Crippen molar-refractivity contribution in [1.29, 1.82) is 0 Å². The van der Waals surface area contributed by atoms with Crippen LogP contribution in [0.15, 0.2) is 35.1 Å². The summed E-state index contributed by atoms with van der Waals surface area (Å²) in [7, 11) is 1.69. The molecule has 2 atom stereocenters. The molecule has 2 unspecified atom stereocenters. The zero-order valence-electron chi connectivity index (χ0n) is 12.8. The van der Waals surface area contributed by atoms with E-state index in [0.717, 1.165) is 10.9 Å². The van der Waals surface area contributed by atoms with Crippen molar-refractivity contribution in [3.63, 3.8) is 0 Å².